The monoisotopic (exact) mass is 125 g/mol. The lowest BCUT2D eigenvalue weighted by Crippen LogP contribution is -2.11. The topological polar surface area (TPSA) is 21.3 Å². The van der Waals surface area contributed by atoms with E-state index in [9.17, 15) is 0 Å². The van der Waals surface area contributed by atoms with Crippen molar-refractivity contribution in [1.29, 1.82) is 0 Å². The molecule has 2 heteroatoms. The van der Waals surface area contributed by atoms with Crippen molar-refractivity contribution in [3.05, 3.63) is 24.5 Å². The second-order valence-electron chi connectivity index (χ2n) is 1.91. The van der Waals surface area contributed by atoms with Crippen LogP contribution in [0.2, 0.25) is 0 Å². The Morgan fingerprint density at radius 2 is 2.33 bits per heavy atom. The quantitative estimate of drug-likeness (QED) is 0.528. The molecule has 1 N–H and O–H groups in total. The summed E-state index contributed by atoms with van der Waals surface area (Å²) >= 11 is 0. The van der Waals surface area contributed by atoms with Crippen LogP contribution in [0.25, 0.3) is 0 Å². The number of allylic oxidation sites excluding steroid dienone is 3. The molecule has 0 radical (unpaired) electrons. The molecule has 9 heavy (non-hydrogen) atoms. The molecule has 1 rings (SSSR count). The lowest BCUT2D eigenvalue weighted by atomic mass is 10.3. The van der Waals surface area contributed by atoms with Gasteiger partial charge in [0, 0.05) is 6.54 Å². The molecule has 50 valence electrons. The van der Waals surface area contributed by atoms with Crippen LogP contribution in [-0.2, 0) is 4.84 Å². The lowest BCUT2D eigenvalue weighted by Gasteiger charge is -1.98. The van der Waals surface area contributed by atoms with Gasteiger partial charge in [-0.3, -0.25) is 0 Å². The molecule has 2 nitrogen and oxygen atoms in total. The van der Waals surface area contributed by atoms with E-state index < -0.39 is 0 Å². The van der Waals surface area contributed by atoms with E-state index in [1.165, 1.54) is 0 Å². The van der Waals surface area contributed by atoms with Crippen LogP contribution in [-0.4, -0.2) is 6.54 Å². The zero-order valence-electron chi connectivity index (χ0n) is 5.34. The Bertz CT molecular complexity index is 104. The summed E-state index contributed by atoms with van der Waals surface area (Å²) in [4.78, 5) is 4.87. The first-order valence-electron chi connectivity index (χ1n) is 3.20. The number of hydroxylamine groups is 1. The minimum atomic E-state index is 0.925. The normalized spacial score (nSPS) is 26.7. The van der Waals surface area contributed by atoms with Crippen LogP contribution in [0.15, 0.2) is 24.5 Å². The van der Waals surface area contributed by atoms with Crippen LogP contribution >= 0.6 is 0 Å². The molecule has 0 aromatic rings. The fourth-order valence-corrected chi connectivity index (χ4v) is 0.659. The van der Waals surface area contributed by atoms with Gasteiger partial charge in [-0.2, -0.15) is 5.48 Å². The predicted molar refractivity (Wildman–Crippen MR) is 36.6 cm³/mol. The van der Waals surface area contributed by atoms with E-state index in [0.29, 0.717) is 0 Å². The number of rotatable bonds is 0. The molecule has 0 aliphatic carbocycles. The minimum Gasteiger partial charge on any atom is -0.417 e. The highest BCUT2D eigenvalue weighted by Crippen LogP contribution is 1.92. The maximum atomic E-state index is 4.87. The first-order valence-corrected chi connectivity index (χ1v) is 3.20. The van der Waals surface area contributed by atoms with Crippen LogP contribution in [0.3, 0.4) is 0 Å². The summed E-state index contributed by atoms with van der Waals surface area (Å²) in [7, 11) is 0. The van der Waals surface area contributed by atoms with Crippen molar-refractivity contribution in [2.24, 2.45) is 0 Å². The van der Waals surface area contributed by atoms with Gasteiger partial charge >= 0.3 is 0 Å². The van der Waals surface area contributed by atoms with Gasteiger partial charge in [0.15, 0.2) is 0 Å². The lowest BCUT2D eigenvalue weighted by molar-refractivity contribution is 0.134. The molecule has 0 spiro atoms. The van der Waals surface area contributed by atoms with Gasteiger partial charge in [0.25, 0.3) is 0 Å². The van der Waals surface area contributed by atoms with Gasteiger partial charge in [0.05, 0.1) is 0 Å². The number of hydrogen-bond acceptors (Lipinski definition) is 2. The summed E-state index contributed by atoms with van der Waals surface area (Å²) in [5, 5.41) is 0. The van der Waals surface area contributed by atoms with Crippen molar-refractivity contribution in [1.82, 2.24) is 5.48 Å². The molecule has 0 amide bonds. The molecule has 0 unspecified atom stereocenters. The average Bonchev–Trinajstić information content (AvgIpc) is 2.00. The van der Waals surface area contributed by atoms with E-state index in [0.717, 1.165) is 19.4 Å². The zero-order chi connectivity index (χ0) is 6.36. The van der Waals surface area contributed by atoms with Crippen molar-refractivity contribution in [3.8, 4) is 0 Å². The van der Waals surface area contributed by atoms with Gasteiger partial charge in [-0.15, -0.1) is 0 Å². The third kappa shape index (κ3) is 2.93. The summed E-state index contributed by atoms with van der Waals surface area (Å²) in [5.41, 5.74) is 2.80. The van der Waals surface area contributed by atoms with Crippen molar-refractivity contribution in [2.75, 3.05) is 6.54 Å². The van der Waals surface area contributed by atoms with Gasteiger partial charge in [-0.05, 0) is 18.9 Å². The second-order valence-corrected chi connectivity index (χ2v) is 1.91. The Balaban J connectivity index is 2.28. The van der Waals surface area contributed by atoms with Gasteiger partial charge < -0.3 is 4.84 Å². The smallest absolute Gasteiger partial charge is 0.111 e. The average molecular weight is 125 g/mol. The number of nitrogens with one attached hydrogen (secondary N) is 1. The standard InChI is InChI=1S/C7H11NO/c1-2-4-6-8-9-7-5-3-1/h1,3,5,7-8H,2,4,6H2/b3-1+,7-5-. The molecule has 0 fully saturated rings. The Kier molecular flexibility index (Phi) is 2.93. The van der Waals surface area contributed by atoms with E-state index in [-0.39, 0.29) is 0 Å². The molecule has 0 aromatic heterocycles. The molecule has 0 bridgehead atoms. The first kappa shape index (κ1) is 6.36. The van der Waals surface area contributed by atoms with E-state index in [2.05, 4.69) is 11.6 Å². The summed E-state index contributed by atoms with van der Waals surface area (Å²) in [6.45, 7) is 0.925. The Hall–Kier alpha value is -0.760. The Morgan fingerprint density at radius 1 is 1.33 bits per heavy atom. The summed E-state index contributed by atoms with van der Waals surface area (Å²) < 4.78 is 0. The molecular weight excluding hydrogens is 114 g/mol. The van der Waals surface area contributed by atoms with Crippen molar-refractivity contribution in [3.63, 3.8) is 0 Å². The molecule has 1 heterocycles. The fraction of sp³-hybridized carbons (Fsp3) is 0.429. The third-order valence-electron chi connectivity index (χ3n) is 1.13. The molecular formula is C7H11NO. The Morgan fingerprint density at radius 3 is 3.33 bits per heavy atom. The first-order chi connectivity index (χ1) is 4.50. The fourth-order valence-electron chi connectivity index (χ4n) is 0.659. The summed E-state index contributed by atoms with van der Waals surface area (Å²) in [6.07, 6.45) is 9.90. The van der Waals surface area contributed by atoms with Crippen LogP contribution in [0.4, 0.5) is 0 Å². The van der Waals surface area contributed by atoms with Crippen molar-refractivity contribution in [2.45, 2.75) is 12.8 Å². The van der Waals surface area contributed by atoms with E-state index in [4.69, 9.17) is 4.84 Å². The molecule has 0 saturated heterocycles. The van der Waals surface area contributed by atoms with Crippen LogP contribution in [0.1, 0.15) is 12.8 Å². The highest BCUT2D eigenvalue weighted by molar-refractivity contribution is 4.99. The zero-order valence-corrected chi connectivity index (χ0v) is 5.34. The maximum Gasteiger partial charge on any atom is 0.111 e. The predicted octanol–water partition coefficient (Wildman–Crippen LogP) is 1.37. The van der Waals surface area contributed by atoms with Gasteiger partial charge in [-0.25, -0.2) is 0 Å². The molecule has 0 atom stereocenters. The largest absolute Gasteiger partial charge is 0.417 e. The van der Waals surface area contributed by atoms with Crippen LogP contribution in [0, 0.1) is 0 Å². The van der Waals surface area contributed by atoms with Gasteiger partial charge in [0.1, 0.15) is 6.26 Å². The summed E-state index contributed by atoms with van der Waals surface area (Å²) in [6, 6.07) is 0. The molecule has 0 saturated carbocycles. The van der Waals surface area contributed by atoms with E-state index in [1.54, 1.807) is 6.26 Å². The van der Waals surface area contributed by atoms with E-state index >= 15 is 0 Å². The molecule has 1 aliphatic rings. The molecule has 0 aromatic carbocycles. The van der Waals surface area contributed by atoms with E-state index in [1.807, 2.05) is 12.2 Å². The number of hydrogen-bond donors (Lipinski definition) is 1. The van der Waals surface area contributed by atoms with Crippen molar-refractivity contribution >= 4 is 0 Å². The van der Waals surface area contributed by atoms with Crippen molar-refractivity contribution < 1.29 is 4.84 Å². The molecule has 1 aliphatic heterocycles. The van der Waals surface area contributed by atoms with Crippen LogP contribution < -0.4 is 5.48 Å². The third-order valence-corrected chi connectivity index (χ3v) is 1.13. The SMILES string of the molecule is C1=C\ONCCC/C=C/1. The minimum absolute atomic E-state index is 0.925. The maximum absolute atomic E-state index is 4.87. The second kappa shape index (κ2) is 4.15. The van der Waals surface area contributed by atoms with Gasteiger partial charge in [-0.1, -0.05) is 12.2 Å². The Labute approximate surface area is 55.2 Å². The van der Waals surface area contributed by atoms with Gasteiger partial charge in [0.2, 0.25) is 0 Å². The van der Waals surface area contributed by atoms with Crippen LogP contribution in [0.5, 0.6) is 0 Å². The summed E-state index contributed by atoms with van der Waals surface area (Å²) in [5.74, 6) is 0. The highest BCUT2D eigenvalue weighted by atomic mass is 16.6. The highest BCUT2D eigenvalue weighted by Gasteiger charge is 1.84.